The molecule has 66 valence electrons. The third kappa shape index (κ3) is 2.27. The molecule has 1 heterocycles. The lowest BCUT2D eigenvalue weighted by molar-refractivity contribution is 0.184. The van der Waals surface area contributed by atoms with E-state index in [0.717, 1.165) is 15.7 Å². The second-order valence-electron chi connectivity index (χ2n) is 2.43. The minimum absolute atomic E-state index is 0.511. The van der Waals surface area contributed by atoms with Crippen LogP contribution in [0.3, 0.4) is 0 Å². The van der Waals surface area contributed by atoms with E-state index in [9.17, 15) is 0 Å². The summed E-state index contributed by atoms with van der Waals surface area (Å²) in [4.78, 5) is 4.13. The van der Waals surface area contributed by atoms with Crippen LogP contribution in [0.4, 0.5) is 0 Å². The fourth-order valence-corrected chi connectivity index (χ4v) is 1.24. The van der Waals surface area contributed by atoms with Crippen LogP contribution in [-0.2, 0) is 17.9 Å². The highest BCUT2D eigenvalue weighted by atomic mass is 79.9. The Morgan fingerprint density at radius 3 is 3.00 bits per heavy atom. The first-order valence-electron chi connectivity index (χ1n) is 3.60. The zero-order valence-corrected chi connectivity index (χ0v) is 8.47. The predicted molar refractivity (Wildman–Crippen MR) is 50.5 cm³/mol. The van der Waals surface area contributed by atoms with Crippen molar-refractivity contribution in [2.24, 2.45) is 5.73 Å². The highest BCUT2D eigenvalue weighted by Crippen LogP contribution is 2.15. The summed E-state index contributed by atoms with van der Waals surface area (Å²) in [5, 5.41) is 0. The van der Waals surface area contributed by atoms with E-state index in [2.05, 4.69) is 20.9 Å². The lowest BCUT2D eigenvalue weighted by Crippen LogP contribution is -2.00. The lowest BCUT2D eigenvalue weighted by atomic mass is 10.2. The number of ether oxygens (including phenoxy) is 1. The molecule has 12 heavy (non-hydrogen) atoms. The lowest BCUT2D eigenvalue weighted by Gasteiger charge is -2.03. The molecule has 0 saturated carbocycles. The first-order valence-corrected chi connectivity index (χ1v) is 4.39. The van der Waals surface area contributed by atoms with Crippen molar-refractivity contribution in [3.63, 3.8) is 0 Å². The van der Waals surface area contributed by atoms with Crippen LogP contribution in [0.1, 0.15) is 11.1 Å². The average molecular weight is 231 g/mol. The van der Waals surface area contributed by atoms with Crippen molar-refractivity contribution < 1.29 is 4.74 Å². The zero-order chi connectivity index (χ0) is 8.97. The number of rotatable bonds is 3. The van der Waals surface area contributed by atoms with Crippen LogP contribution in [-0.4, -0.2) is 12.1 Å². The van der Waals surface area contributed by atoms with Gasteiger partial charge in [0.15, 0.2) is 0 Å². The minimum atomic E-state index is 0.511. The van der Waals surface area contributed by atoms with Crippen molar-refractivity contribution in [1.82, 2.24) is 4.98 Å². The van der Waals surface area contributed by atoms with Crippen LogP contribution in [0.25, 0.3) is 0 Å². The van der Waals surface area contributed by atoms with Gasteiger partial charge < -0.3 is 10.5 Å². The Bertz CT molecular complexity index is 265. The molecule has 0 aliphatic carbocycles. The molecule has 0 aliphatic rings. The molecule has 1 aromatic rings. The highest BCUT2D eigenvalue weighted by Gasteiger charge is 2.01. The van der Waals surface area contributed by atoms with E-state index < -0.39 is 0 Å². The SMILES string of the molecule is COCc1cc(CN)cnc1Br. The molecular weight excluding hydrogens is 220 g/mol. The van der Waals surface area contributed by atoms with Crippen LogP contribution in [0, 0.1) is 0 Å². The van der Waals surface area contributed by atoms with Crippen LogP contribution in [0.5, 0.6) is 0 Å². The summed E-state index contributed by atoms with van der Waals surface area (Å²) >= 11 is 3.33. The van der Waals surface area contributed by atoms with Crippen LogP contribution < -0.4 is 5.73 Å². The molecule has 1 aromatic heterocycles. The second-order valence-corrected chi connectivity index (χ2v) is 3.18. The molecule has 2 N–H and O–H groups in total. The fraction of sp³-hybridized carbons (Fsp3) is 0.375. The molecule has 0 unspecified atom stereocenters. The van der Waals surface area contributed by atoms with E-state index in [-0.39, 0.29) is 0 Å². The molecular formula is C8H11BrN2O. The van der Waals surface area contributed by atoms with E-state index >= 15 is 0 Å². The number of nitrogens with two attached hydrogens (primary N) is 1. The van der Waals surface area contributed by atoms with Gasteiger partial charge >= 0.3 is 0 Å². The zero-order valence-electron chi connectivity index (χ0n) is 6.88. The summed E-state index contributed by atoms with van der Waals surface area (Å²) in [5.74, 6) is 0. The fourth-order valence-electron chi connectivity index (χ4n) is 0.911. The maximum Gasteiger partial charge on any atom is 0.111 e. The van der Waals surface area contributed by atoms with Crippen molar-refractivity contribution in [2.75, 3.05) is 7.11 Å². The van der Waals surface area contributed by atoms with Crippen LogP contribution >= 0.6 is 15.9 Å². The minimum Gasteiger partial charge on any atom is -0.380 e. The van der Waals surface area contributed by atoms with Gasteiger partial charge in [0.1, 0.15) is 4.60 Å². The first-order chi connectivity index (χ1) is 5.77. The summed E-state index contributed by atoms with van der Waals surface area (Å²) in [7, 11) is 1.65. The van der Waals surface area contributed by atoms with Crippen molar-refractivity contribution in [1.29, 1.82) is 0 Å². The van der Waals surface area contributed by atoms with E-state index in [1.165, 1.54) is 0 Å². The molecule has 0 fully saturated rings. The van der Waals surface area contributed by atoms with E-state index in [1.807, 2.05) is 6.07 Å². The predicted octanol–water partition coefficient (Wildman–Crippen LogP) is 1.45. The third-order valence-electron chi connectivity index (χ3n) is 1.50. The summed E-state index contributed by atoms with van der Waals surface area (Å²) in [6.45, 7) is 1.07. The summed E-state index contributed by atoms with van der Waals surface area (Å²) < 4.78 is 5.82. The van der Waals surface area contributed by atoms with Gasteiger partial charge in [0.05, 0.1) is 6.61 Å². The Hall–Kier alpha value is -0.450. The molecule has 4 heteroatoms. The van der Waals surface area contributed by atoms with Crippen molar-refractivity contribution in [3.05, 3.63) is 28.0 Å². The van der Waals surface area contributed by atoms with E-state index in [0.29, 0.717) is 13.2 Å². The largest absolute Gasteiger partial charge is 0.380 e. The van der Waals surface area contributed by atoms with Crippen molar-refractivity contribution in [3.8, 4) is 0 Å². The van der Waals surface area contributed by atoms with E-state index in [1.54, 1.807) is 13.3 Å². The number of methoxy groups -OCH3 is 1. The Balaban J connectivity index is 2.91. The van der Waals surface area contributed by atoms with Crippen molar-refractivity contribution >= 4 is 15.9 Å². The number of halogens is 1. The maximum atomic E-state index is 5.47. The number of hydrogen-bond donors (Lipinski definition) is 1. The number of pyridine rings is 1. The topological polar surface area (TPSA) is 48.1 Å². The quantitative estimate of drug-likeness (QED) is 0.801. The standard InChI is InChI=1S/C8H11BrN2O/c1-12-5-7-2-6(3-10)4-11-8(7)9/h2,4H,3,5,10H2,1H3. The molecule has 0 aliphatic heterocycles. The number of aromatic nitrogens is 1. The smallest absolute Gasteiger partial charge is 0.111 e. The molecule has 0 bridgehead atoms. The van der Waals surface area contributed by atoms with Gasteiger partial charge in [0.2, 0.25) is 0 Å². The van der Waals surface area contributed by atoms with Gasteiger partial charge in [-0.15, -0.1) is 0 Å². The van der Waals surface area contributed by atoms with Gasteiger partial charge in [-0.2, -0.15) is 0 Å². The van der Waals surface area contributed by atoms with Crippen molar-refractivity contribution in [2.45, 2.75) is 13.2 Å². The van der Waals surface area contributed by atoms with Gasteiger partial charge in [0.25, 0.3) is 0 Å². The first kappa shape index (κ1) is 9.64. The summed E-state index contributed by atoms with van der Waals surface area (Å²) in [6.07, 6.45) is 1.75. The second kappa shape index (κ2) is 4.54. The molecule has 3 nitrogen and oxygen atoms in total. The van der Waals surface area contributed by atoms with Gasteiger partial charge in [-0.3, -0.25) is 0 Å². The van der Waals surface area contributed by atoms with Crippen LogP contribution in [0.15, 0.2) is 16.9 Å². The Morgan fingerprint density at radius 2 is 2.42 bits per heavy atom. The summed E-state index contributed by atoms with van der Waals surface area (Å²) in [5.41, 5.74) is 7.52. The van der Waals surface area contributed by atoms with Gasteiger partial charge in [0, 0.05) is 25.4 Å². The normalized spacial score (nSPS) is 10.2. The Morgan fingerprint density at radius 1 is 1.67 bits per heavy atom. The monoisotopic (exact) mass is 230 g/mol. The Kier molecular flexibility index (Phi) is 3.65. The molecule has 0 aromatic carbocycles. The Labute approximate surface area is 80.1 Å². The molecule has 0 atom stereocenters. The number of nitrogens with zero attached hydrogens (tertiary/aromatic N) is 1. The van der Waals surface area contributed by atoms with E-state index in [4.69, 9.17) is 10.5 Å². The van der Waals surface area contributed by atoms with Crippen LogP contribution in [0.2, 0.25) is 0 Å². The third-order valence-corrected chi connectivity index (χ3v) is 2.22. The average Bonchev–Trinajstić information content (AvgIpc) is 2.09. The molecule has 0 amide bonds. The molecule has 0 radical (unpaired) electrons. The maximum absolute atomic E-state index is 5.47. The molecule has 0 saturated heterocycles. The van der Waals surface area contributed by atoms with Gasteiger partial charge in [-0.05, 0) is 27.6 Å². The van der Waals surface area contributed by atoms with Gasteiger partial charge in [-0.1, -0.05) is 0 Å². The summed E-state index contributed by atoms with van der Waals surface area (Å²) in [6, 6.07) is 1.99. The molecule has 0 spiro atoms. The van der Waals surface area contributed by atoms with Gasteiger partial charge in [-0.25, -0.2) is 4.98 Å². The molecule has 1 rings (SSSR count). The number of hydrogen-bond acceptors (Lipinski definition) is 3. The highest BCUT2D eigenvalue weighted by molar-refractivity contribution is 9.10.